The van der Waals surface area contributed by atoms with E-state index >= 15 is 0 Å². The molecule has 0 amide bonds. The Morgan fingerprint density at radius 1 is 1.67 bits per heavy atom. The lowest BCUT2D eigenvalue weighted by atomic mass is 10.0. The Bertz CT molecular complexity index is 289. The summed E-state index contributed by atoms with van der Waals surface area (Å²) >= 11 is 0. The number of nitrogens with one attached hydrogen (secondary N) is 1. The van der Waals surface area contributed by atoms with Gasteiger partial charge in [-0.1, -0.05) is 0 Å². The minimum absolute atomic E-state index is 0.353. The van der Waals surface area contributed by atoms with Crippen molar-refractivity contribution in [1.82, 2.24) is 5.32 Å². The Labute approximate surface area is 89.2 Å². The number of hydrogen-bond acceptors (Lipinski definition) is 4. The third-order valence-corrected chi connectivity index (χ3v) is 2.72. The predicted molar refractivity (Wildman–Crippen MR) is 55.5 cm³/mol. The smallest absolute Gasteiger partial charge is 0.136 e. The minimum atomic E-state index is -0.952. The number of furan rings is 1. The molecule has 2 N–H and O–H groups in total. The van der Waals surface area contributed by atoms with E-state index in [-0.39, 0.29) is 0 Å². The highest BCUT2D eigenvalue weighted by atomic mass is 16.5. The fourth-order valence-corrected chi connectivity index (χ4v) is 1.71. The molecule has 1 fully saturated rings. The summed E-state index contributed by atoms with van der Waals surface area (Å²) in [6.07, 6.45) is 2.58. The van der Waals surface area contributed by atoms with Gasteiger partial charge in [0.2, 0.25) is 0 Å². The first-order valence-corrected chi connectivity index (χ1v) is 5.26. The van der Waals surface area contributed by atoms with Crippen LogP contribution in [0.25, 0.3) is 0 Å². The van der Waals surface area contributed by atoms with E-state index in [2.05, 4.69) is 5.32 Å². The van der Waals surface area contributed by atoms with E-state index in [0.717, 1.165) is 19.6 Å². The first-order chi connectivity index (χ1) is 7.18. The molecule has 4 nitrogen and oxygen atoms in total. The van der Waals surface area contributed by atoms with Gasteiger partial charge in [0, 0.05) is 19.2 Å². The number of ether oxygens (including phenoxy) is 1. The largest absolute Gasteiger partial charge is 0.466 e. The van der Waals surface area contributed by atoms with Crippen molar-refractivity contribution in [2.24, 2.45) is 0 Å². The van der Waals surface area contributed by atoms with Crippen molar-refractivity contribution in [3.05, 3.63) is 24.2 Å². The summed E-state index contributed by atoms with van der Waals surface area (Å²) in [5.41, 5.74) is -0.952. The van der Waals surface area contributed by atoms with Crippen molar-refractivity contribution >= 4 is 0 Å². The lowest BCUT2D eigenvalue weighted by Crippen LogP contribution is -2.40. The summed E-state index contributed by atoms with van der Waals surface area (Å²) in [6, 6.07) is 3.92. The summed E-state index contributed by atoms with van der Waals surface area (Å²) in [6.45, 7) is 3.76. The van der Waals surface area contributed by atoms with Crippen molar-refractivity contribution in [1.29, 1.82) is 0 Å². The van der Waals surface area contributed by atoms with Crippen LogP contribution in [-0.2, 0) is 10.3 Å². The highest BCUT2D eigenvalue weighted by molar-refractivity contribution is 5.08. The highest BCUT2D eigenvalue weighted by Gasteiger charge is 2.27. The predicted octanol–water partition coefficient (Wildman–Crippen LogP) is 0.866. The van der Waals surface area contributed by atoms with Gasteiger partial charge in [0.05, 0.1) is 12.9 Å². The molecule has 1 saturated heterocycles. The molecule has 1 aromatic rings. The van der Waals surface area contributed by atoms with Crippen LogP contribution in [0.4, 0.5) is 0 Å². The van der Waals surface area contributed by atoms with Crippen LogP contribution in [0.1, 0.15) is 19.1 Å². The van der Waals surface area contributed by atoms with Crippen LogP contribution in [0.3, 0.4) is 0 Å². The third-order valence-electron chi connectivity index (χ3n) is 2.72. The van der Waals surface area contributed by atoms with Crippen LogP contribution in [0.15, 0.2) is 22.8 Å². The summed E-state index contributed by atoms with van der Waals surface area (Å²) < 4.78 is 10.4. The molecular formula is C11H17NO3. The van der Waals surface area contributed by atoms with Crippen LogP contribution in [-0.4, -0.2) is 30.9 Å². The zero-order chi connectivity index (χ0) is 10.7. The SMILES string of the molecule is CC(O)(CNC1CCOC1)c1ccco1. The van der Waals surface area contributed by atoms with E-state index in [1.54, 1.807) is 25.3 Å². The van der Waals surface area contributed by atoms with Crippen molar-refractivity contribution in [3.63, 3.8) is 0 Å². The third kappa shape index (κ3) is 2.59. The fraction of sp³-hybridized carbons (Fsp3) is 0.636. The molecule has 1 aliphatic heterocycles. The second-order valence-corrected chi connectivity index (χ2v) is 4.19. The van der Waals surface area contributed by atoms with E-state index in [1.165, 1.54) is 0 Å². The van der Waals surface area contributed by atoms with Crippen molar-refractivity contribution in [2.45, 2.75) is 25.0 Å². The van der Waals surface area contributed by atoms with Gasteiger partial charge in [0.1, 0.15) is 11.4 Å². The summed E-state index contributed by atoms with van der Waals surface area (Å²) in [5.74, 6) is 0.592. The summed E-state index contributed by atoms with van der Waals surface area (Å²) in [7, 11) is 0. The molecule has 2 unspecified atom stereocenters. The monoisotopic (exact) mass is 211 g/mol. The molecule has 0 bridgehead atoms. The fourth-order valence-electron chi connectivity index (χ4n) is 1.71. The van der Waals surface area contributed by atoms with Crippen LogP contribution >= 0.6 is 0 Å². The van der Waals surface area contributed by atoms with Gasteiger partial charge in [-0.05, 0) is 25.5 Å². The first kappa shape index (κ1) is 10.7. The number of rotatable bonds is 4. The standard InChI is InChI=1S/C11H17NO3/c1-11(13,10-3-2-5-15-10)8-12-9-4-6-14-7-9/h2-3,5,9,12-13H,4,6-8H2,1H3. The zero-order valence-electron chi connectivity index (χ0n) is 8.90. The van der Waals surface area contributed by atoms with Crippen molar-refractivity contribution < 1.29 is 14.3 Å². The van der Waals surface area contributed by atoms with E-state index < -0.39 is 5.60 Å². The quantitative estimate of drug-likeness (QED) is 0.775. The Hall–Kier alpha value is -0.840. The van der Waals surface area contributed by atoms with Crippen LogP contribution < -0.4 is 5.32 Å². The average Bonchev–Trinajstić information content (AvgIpc) is 2.88. The Morgan fingerprint density at radius 2 is 2.53 bits per heavy atom. The molecule has 84 valence electrons. The normalized spacial score (nSPS) is 25.3. The van der Waals surface area contributed by atoms with Gasteiger partial charge >= 0.3 is 0 Å². The molecule has 2 atom stereocenters. The van der Waals surface area contributed by atoms with Gasteiger partial charge in [-0.25, -0.2) is 0 Å². The Balaban J connectivity index is 1.87. The number of hydrogen-bond donors (Lipinski definition) is 2. The highest BCUT2D eigenvalue weighted by Crippen LogP contribution is 2.20. The van der Waals surface area contributed by atoms with Gasteiger partial charge in [-0.3, -0.25) is 0 Å². The zero-order valence-corrected chi connectivity index (χ0v) is 8.90. The molecule has 4 heteroatoms. The van der Waals surface area contributed by atoms with E-state index in [9.17, 15) is 5.11 Å². The molecule has 1 aliphatic rings. The minimum Gasteiger partial charge on any atom is -0.466 e. The molecule has 0 radical (unpaired) electrons. The second-order valence-electron chi connectivity index (χ2n) is 4.19. The molecule has 1 aromatic heterocycles. The molecule has 0 spiro atoms. The molecule has 0 aromatic carbocycles. The maximum atomic E-state index is 10.1. The maximum absolute atomic E-state index is 10.1. The first-order valence-electron chi connectivity index (χ1n) is 5.26. The van der Waals surface area contributed by atoms with Gasteiger partial charge in [-0.2, -0.15) is 0 Å². The maximum Gasteiger partial charge on any atom is 0.136 e. The van der Waals surface area contributed by atoms with E-state index in [0.29, 0.717) is 18.3 Å². The Morgan fingerprint density at radius 3 is 3.13 bits per heavy atom. The average molecular weight is 211 g/mol. The second kappa shape index (κ2) is 4.35. The van der Waals surface area contributed by atoms with Crippen LogP contribution in [0.5, 0.6) is 0 Å². The van der Waals surface area contributed by atoms with E-state index in [1.807, 2.05) is 0 Å². The van der Waals surface area contributed by atoms with Gasteiger partial charge < -0.3 is 19.6 Å². The van der Waals surface area contributed by atoms with Crippen LogP contribution in [0.2, 0.25) is 0 Å². The van der Waals surface area contributed by atoms with Crippen molar-refractivity contribution in [2.75, 3.05) is 19.8 Å². The molecule has 0 aliphatic carbocycles. The van der Waals surface area contributed by atoms with E-state index in [4.69, 9.17) is 9.15 Å². The molecule has 15 heavy (non-hydrogen) atoms. The van der Waals surface area contributed by atoms with Gasteiger partial charge in [0.15, 0.2) is 0 Å². The summed E-state index contributed by atoms with van der Waals surface area (Å²) in [4.78, 5) is 0. The molecule has 0 saturated carbocycles. The molecule has 2 rings (SSSR count). The lowest BCUT2D eigenvalue weighted by Gasteiger charge is -2.23. The Kier molecular flexibility index (Phi) is 3.09. The van der Waals surface area contributed by atoms with Crippen molar-refractivity contribution in [3.8, 4) is 0 Å². The topological polar surface area (TPSA) is 54.6 Å². The molecular weight excluding hydrogens is 194 g/mol. The molecule has 2 heterocycles. The lowest BCUT2D eigenvalue weighted by molar-refractivity contribution is 0.0311. The number of aliphatic hydroxyl groups is 1. The van der Waals surface area contributed by atoms with Crippen LogP contribution in [0, 0.1) is 0 Å². The van der Waals surface area contributed by atoms with Gasteiger partial charge in [-0.15, -0.1) is 0 Å². The summed E-state index contributed by atoms with van der Waals surface area (Å²) in [5, 5.41) is 13.4. The van der Waals surface area contributed by atoms with Gasteiger partial charge in [0.25, 0.3) is 0 Å².